The minimum absolute atomic E-state index is 0.0361. The van der Waals surface area contributed by atoms with Gasteiger partial charge in [-0.3, -0.25) is 24.1 Å². The van der Waals surface area contributed by atoms with Crippen molar-refractivity contribution in [1.29, 1.82) is 0 Å². The summed E-state index contributed by atoms with van der Waals surface area (Å²) in [6.45, 7) is 2.40. The highest BCUT2D eigenvalue weighted by molar-refractivity contribution is 7.03. The average Bonchev–Trinajstić information content (AvgIpc) is 3.65. The van der Waals surface area contributed by atoms with E-state index < -0.39 is 36.2 Å². The van der Waals surface area contributed by atoms with Crippen LogP contribution >= 0.6 is 11.5 Å². The minimum Gasteiger partial charge on any atom is -0.378 e. The number of benzene rings is 3. The SMILES string of the molecule is O=C(Nc1ccc(N2CCOCC2)cc1)[C@@H](c1csnn1)N(Cc1ccccc1)C(=O)CN1C(=O)c2ccccc2C1=O. The lowest BCUT2D eigenvalue weighted by Crippen LogP contribution is -2.47. The van der Waals surface area contributed by atoms with Crippen molar-refractivity contribution in [3.05, 3.63) is 107 Å². The molecule has 0 saturated carbocycles. The summed E-state index contributed by atoms with van der Waals surface area (Å²) in [7, 11) is 0. The van der Waals surface area contributed by atoms with Gasteiger partial charge in [0.15, 0.2) is 6.04 Å². The molecule has 4 amide bonds. The highest BCUT2D eigenvalue weighted by Gasteiger charge is 2.40. The number of carbonyl (C=O) groups excluding carboxylic acids is 4. The molecule has 1 fully saturated rings. The number of amides is 4. The molecule has 2 aliphatic heterocycles. The molecule has 0 spiro atoms. The van der Waals surface area contributed by atoms with E-state index in [1.807, 2.05) is 42.5 Å². The fourth-order valence-corrected chi connectivity index (χ4v) is 5.70. The molecule has 1 N–H and O–H groups in total. The molecule has 4 aromatic rings. The predicted octanol–water partition coefficient (Wildman–Crippen LogP) is 3.38. The first-order chi connectivity index (χ1) is 21.0. The smallest absolute Gasteiger partial charge is 0.262 e. The lowest BCUT2D eigenvalue weighted by molar-refractivity contribution is -0.140. The topological polar surface area (TPSA) is 125 Å². The fourth-order valence-electron chi connectivity index (χ4n) is 5.23. The molecule has 6 rings (SSSR count). The van der Waals surface area contributed by atoms with Gasteiger partial charge in [-0.25, -0.2) is 0 Å². The van der Waals surface area contributed by atoms with Gasteiger partial charge in [-0.15, -0.1) is 5.10 Å². The Morgan fingerprint density at radius 3 is 2.19 bits per heavy atom. The first-order valence-electron chi connectivity index (χ1n) is 13.8. The van der Waals surface area contributed by atoms with E-state index in [1.54, 1.807) is 41.8 Å². The summed E-state index contributed by atoms with van der Waals surface area (Å²) in [5, 5.41) is 8.67. The largest absolute Gasteiger partial charge is 0.378 e. The zero-order valence-corrected chi connectivity index (χ0v) is 23.9. The summed E-state index contributed by atoms with van der Waals surface area (Å²) in [6, 6.07) is 21.9. The Balaban J connectivity index is 1.28. The van der Waals surface area contributed by atoms with E-state index >= 15 is 0 Å². The Kier molecular flexibility index (Phi) is 8.20. The number of hydrogen-bond acceptors (Lipinski definition) is 9. The molecule has 0 bridgehead atoms. The van der Waals surface area contributed by atoms with Crippen molar-refractivity contribution in [3.8, 4) is 0 Å². The number of imide groups is 1. The first-order valence-corrected chi connectivity index (χ1v) is 14.6. The molecule has 0 radical (unpaired) electrons. The Morgan fingerprint density at radius 1 is 0.907 bits per heavy atom. The molecule has 43 heavy (non-hydrogen) atoms. The van der Waals surface area contributed by atoms with Crippen LogP contribution in [0.4, 0.5) is 11.4 Å². The van der Waals surface area contributed by atoms with Crippen LogP contribution in [0.15, 0.2) is 84.2 Å². The maximum absolute atomic E-state index is 14.0. The van der Waals surface area contributed by atoms with Gasteiger partial charge in [0.25, 0.3) is 17.7 Å². The van der Waals surface area contributed by atoms with Crippen molar-refractivity contribution >= 4 is 46.5 Å². The van der Waals surface area contributed by atoms with Gasteiger partial charge in [0, 0.05) is 36.4 Å². The van der Waals surface area contributed by atoms with Crippen LogP contribution in [-0.4, -0.2) is 75.9 Å². The van der Waals surface area contributed by atoms with Crippen LogP contribution in [0.25, 0.3) is 0 Å². The lowest BCUT2D eigenvalue weighted by atomic mass is 10.1. The van der Waals surface area contributed by atoms with Crippen LogP contribution in [0.5, 0.6) is 0 Å². The minimum atomic E-state index is -1.18. The summed E-state index contributed by atoms with van der Waals surface area (Å²) in [5.74, 6) is -2.19. The highest BCUT2D eigenvalue weighted by Crippen LogP contribution is 2.28. The van der Waals surface area contributed by atoms with Crippen LogP contribution in [0.1, 0.15) is 38.0 Å². The third-order valence-electron chi connectivity index (χ3n) is 7.42. The van der Waals surface area contributed by atoms with Gasteiger partial charge < -0.3 is 19.9 Å². The highest BCUT2D eigenvalue weighted by atomic mass is 32.1. The van der Waals surface area contributed by atoms with Gasteiger partial charge in [-0.05, 0) is 53.5 Å². The standard InChI is InChI=1S/C31H28N6O5S/c38-27(19-37-30(40)24-8-4-5-9-25(24)31(37)41)36(18-21-6-2-1-3-7-21)28(26-20-43-34-33-26)29(39)32-22-10-12-23(13-11-22)35-14-16-42-17-15-35/h1-13,20,28H,14-19H2,(H,32,39)/t28-/m1/s1. The number of aromatic nitrogens is 2. The average molecular weight is 597 g/mol. The summed E-state index contributed by atoms with van der Waals surface area (Å²) in [5.41, 5.74) is 3.08. The number of nitrogens with one attached hydrogen (secondary N) is 1. The molecule has 1 atom stereocenters. The quantitative estimate of drug-likeness (QED) is 0.292. The van der Waals surface area contributed by atoms with Gasteiger partial charge in [0.05, 0.1) is 24.3 Å². The van der Waals surface area contributed by atoms with E-state index in [0.29, 0.717) is 18.9 Å². The fraction of sp³-hybridized carbons (Fsp3) is 0.226. The number of hydrogen-bond donors (Lipinski definition) is 1. The van der Waals surface area contributed by atoms with E-state index in [2.05, 4.69) is 19.8 Å². The number of anilines is 2. The van der Waals surface area contributed by atoms with Gasteiger partial charge in [0.2, 0.25) is 5.91 Å². The van der Waals surface area contributed by atoms with E-state index in [-0.39, 0.29) is 23.4 Å². The van der Waals surface area contributed by atoms with Crippen molar-refractivity contribution in [2.75, 3.05) is 43.1 Å². The Bertz CT molecular complexity index is 1590. The Labute approximate surface area is 251 Å². The third-order valence-corrected chi connectivity index (χ3v) is 7.94. The maximum Gasteiger partial charge on any atom is 0.262 e. The lowest BCUT2D eigenvalue weighted by Gasteiger charge is -2.31. The summed E-state index contributed by atoms with van der Waals surface area (Å²) in [4.78, 5) is 58.5. The molecule has 1 saturated heterocycles. The van der Waals surface area contributed by atoms with Crippen LogP contribution < -0.4 is 10.2 Å². The van der Waals surface area contributed by atoms with Gasteiger partial charge in [-0.1, -0.05) is 47.0 Å². The predicted molar refractivity (Wildman–Crippen MR) is 160 cm³/mol. The number of carbonyl (C=O) groups is 4. The normalized spacial score (nSPS) is 15.3. The maximum atomic E-state index is 14.0. The molecule has 12 heteroatoms. The molecule has 1 aromatic heterocycles. The number of morpholine rings is 1. The van der Waals surface area contributed by atoms with Crippen molar-refractivity contribution in [1.82, 2.24) is 19.4 Å². The molecule has 218 valence electrons. The Hall–Kier alpha value is -4.94. The zero-order valence-electron chi connectivity index (χ0n) is 23.1. The molecule has 0 unspecified atom stereocenters. The number of ether oxygens (including phenoxy) is 1. The van der Waals surface area contributed by atoms with Gasteiger partial charge >= 0.3 is 0 Å². The van der Waals surface area contributed by atoms with Crippen LogP contribution in [0.2, 0.25) is 0 Å². The molecule has 2 aliphatic rings. The molecular formula is C31H28N6O5S. The summed E-state index contributed by atoms with van der Waals surface area (Å²) < 4.78 is 9.37. The van der Waals surface area contributed by atoms with E-state index in [4.69, 9.17) is 4.74 Å². The van der Waals surface area contributed by atoms with Crippen molar-refractivity contribution in [2.45, 2.75) is 12.6 Å². The summed E-state index contributed by atoms with van der Waals surface area (Å²) in [6.07, 6.45) is 0. The molecular weight excluding hydrogens is 568 g/mol. The van der Waals surface area contributed by atoms with Gasteiger partial charge in [0.1, 0.15) is 12.2 Å². The Morgan fingerprint density at radius 2 is 1.56 bits per heavy atom. The second-order valence-corrected chi connectivity index (χ2v) is 10.7. The van der Waals surface area contributed by atoms with E-state index in [9.17, 15) is 19.2 Å². The molecule has 3 heterocycles. The zero-order chi connectivity index (χ0) is 29.8. The molecule has 3 aromatic carbocycles. The molecule has 0 aliphatic carbocycles. The first kappa shape index (κ1) is 28.2. The monoisotopic (exact) mass is 596 g/mol. The number of rotatable bonds is 9. The van der Waals surface area contributed by atoms with Crippen molar-refractivity contribution in [3.63, 3.8) is 0 Å². The number of nitrogens with zero attached hydrogens (tertiary/aromatic N) is 5. The van der Waals surface area contributed by atoms with E-state index in [1.165, 1.54) is 4.90 Å². The van der Waals surface area contributed by atoms with Crippen molar-refractivity contribution in [2.24, 2.45) is 0 Å². The van der Waals surface area contributed by atoms with Crippen LogP contribution in [-0.2, 0) is 20.9 Å². The second-order valence-electron chi connectivity index (χ2n) is 10.1. The third kappa shape index (κ3) is 6.01. The van der Waals surface area contributed by atoms with Crippen molar-refractivity contribution < 1.29 is 23.9 Å². The van der Waals surface area contributed by atoms with Crippen LogP contribution in [0.3, 0.4) is 0 Å². The number of fused-ring (bicyclic) bond motifs is 1. The molecule has 11 nitrogen and oxygen atoms in total. The second kappa shape index (κ2) is 12.5. The summed E-state index contributed by atoms with van der Waals surface area (Å²) >= 11 is 1.06. The van der Waals surface area contributed by atoms with E-state index in [0.717, 1.165) is 40.8 Å². The van der Waals surface area contributed by atoms with Gasteiger partial charge in [-0.2, -0.15) is 0 Å². The van der Waals surface area contributed by atoms with Crippen LogP contribution in [0, 0.1) is 0 Å².